The SMILES string of the molecule is CC(C)C1CC(C(C)C)(C(C)C)C1.CC(C)C1CN(C(C)C)C1C(C)C. The topological polar surface area (TPSA) is 3.24 Å². The first kappa shape index (κ1) is 24.0. The first-order chi connectivity index (χ1) is 11.8. The highest BCUT2D eigenvalue weighted by atomic mass is 15.3. The van der Waals surface area contributed by atoms with E-state index in [9.17, 15) is 0 Å². The van der Waals surface area contributed by atoms with Crippen LogP contribution in [0.25, 0.3) is 0 Å². The van der Waals surface area contributed by atoms with Gasteiger partial charge in [0.05, 0.1) is 0 Å². The summed E-state index contributed by atoms with van der Waals surface area (Å²) >= 11 is 0. The maximum atomic E-state index is 2.65. The third kappa shape index (κ3) is 5.06. The average Bonchev–Trinajstić information content (AvgIpc) is 2.33. The molecule has 2 aliphatic rings. The van der Waals surface area contributed by atoms with Crippen LogP contribution in [0.5, 0.6) is 0 Å². The zero-order valence-corrected chi connectivity index (χ0v) is 20.3. The summed E-state index contributed by atoms with van der Waals surface area (Å²) in [4.78, 5) is 2.65. The molecule has 1 saturated carbocycles. The van der Waals surface area contributed by atoms with E-state index < -0.39 is 0 Å². The van der Waals surface area contributed by atoms with E-state index in [1.54, 1.807) is 0 Å². The highest BCUT2D eigenvalue weighted by molar-refractivity contribution is 4.98. The van der Waals surface area contributed by atoms with Gasteiger partial charge in [0.25, 0.3) is 0 Å². The van der Waals surface area contributed by atoms with Crippen molar-refractivity contribution in [2.75, 3.05) is 6.54 Å². The lowest BCUT2D eigenvalue weighted by atomic mass is 9.50. The largest absolute Gasteiger partial charge is 0.297 e. The van der Waals surface area contributed by atoms with Crippen molar-refractivity contribution in [1.82, 2.24) is 4.90 Å². The normalized spacial score (nSPS) is 26.5. The molecule has 1 nitrogen and oxygen atoms in total. The van der Waals surface area contributed by atoms with Crippen molar-refractivity contribution in [2.45, 2.75) is 108 Å². The molecule has 2 atom stereocenters. The number of rotatable bonds is 6. The predicted molar refractivity (Wildman–Crippen MR) is 118 cm³/mol. The highest BCUT2D eigenvalue weighted by Gasteiger charge is 2.48. The monoisotopic (exact) mass is 365 g/mol. The summed E-state index contributed by atoms with van der Waals surface area (Å²) in [5.74, 6) is 6.22. The van der Waals surface area contributed by atoms with Gasteiger partial charge in [0.1, 0.15) is 0 Å². The molecule has 0 aromatic carbocycles. The second-order valence-electron chi connectivity index (χ2n) is 11.4. The van der Waals surface area contributed by atoms with Crippen LogP contribution in [0.2, 0.25) is 0 Å². The van der Waals surface area contributed by atoms with E-state index in [1.165, 1.54) is 19.4 Å². The molecule has 0 N–H and O–H groups in total. The van der Waals surface area contributed by atoms with Gasteiger partial charge in [-0.3, -0.25) is 4.90 Å². The van der Waals surface area contributed by atoms with Gasteiger partial charge in [0.2, 0.25) is 0 Å². The van der Waals surface area contributed by atoms with E-state index in [-0.39, 0.29) is 0 Å². The van der Waals surface area contributed by atoms with Crippen LogP contribution < -0.4 is 0 Å². The second-order valence-corrected chi connectivity index (χ2v) is 11.4. The molecule has 1 heterocycles. The molecule has 1 aliphatic heterocycles. The molecule has 26 heavy (non-hydrogen) atoms. The summed E-state index contributed by atoms with van der Waals surface area (Å²) in [7, 11) is 0. The fourth-order valence-electron chi connectivity index (χ4n) is 5.62. The molecule has 2 fully saturated rings. The summed E-state index contributed by atoms with van der Waals surface area (Å²) in [5.41, 5.74) is 0.676. The minimum absolute atomic E-state index is 0.676. The van der Waals surface area contributed by atoms with Gasteiger partial charge >= 0.3 is 0 Å². The Kier molecular flexibility index (Phi) is 8.71. The molecule has 1 saturated heterocycles. The molecule has 1 heteroatoms. The Morgan fingerprint density at radius 1 is 0.654 bits per heavy atom. The maximum Gasteiger partial charge on any atom is 0.0164 e. The fraction of sp³-hybridized carbons (Fsp3) is 1.00. The quantitative estimate of drug-likeness (QED) is 0.475. The zero-order valence-electron chi connectivity index (χ0n) is 20.3. The Morgan fingerprint density at radius 2 is 1.12 bits per heavy atom. The number of nitrogens with zero attached hydrogens (tertiary/aromatic N) is 1. The third-order valence-corrected chi connectivity index (χ3v) is 7.97. The van der Waals surface area contributed by atoms with Gasteiger partial charge in [-0.15, -0.1) is 0 Å². The van der Waals surface area contributed by atoms with Gasteiger partial charge in [0, 0.05) is 18.6 Å². The van der Waals surface area contributed by atoms with Gasteiger partial charge in [-0.1, -0.05) is 69.2 Å². The lowest BCUT2D eigenvalue weighted by Gasteiger charge is -2.55. The molecular weight excluding hydrogens is 314 g/mol. The van der Waals surface area contributed by atoms with Crippen molar-refractivity contribution in [1.29, 1.82) is 0 Å². The van der Waals surface area contributed by atoms with Crippen molar-refractivity contribution in [3.05, 3.63) is 0 Å². The Morgan fingerprint density at radius 3 is 1.38 bits per heavy atom. The molecular formula is C25H51N. The van der Waals surface area contributed by atoms with Gasteiger partial charge in [-0.05, 0) is 73.5 Å². The standard InChI is InChI=1S/C13H26.C12H25N/c1-9(2)12-7-13(8-12,10(3)4)11(5)6;1-8(2)11-7-13(10(5)6)12(11)9(3)4/h9-12H,7-8H2,1-6H3;8-12H,7H2,1-6H3. The minimum atomic E-state index is 0.676. The van der Waals surface area contributed by atoms with Crippen LogP contribution in [0.15, 0.2) is 0 Å². The predicted octanol–water partition coefficient (Wildman–Crippen LogP) is 7.36. The molecule has 2 unspecified atom stereocenters. The smallest absolute Gasteiger partial charge is 0.0164 e. The molecule has 0 amide bonds. The van der Waals surface area contributed by atoms with Crippen LogP contribution in [0.4, 0.5) is 0 Å². The van der Waals surface area contributed by atoms with Crippen molar-refractivity contribution >= 4 is 0 Å². The lowest BCUT2D eigenvalue weighted by Crippen LogP contribution is -2.62. The van der Waals surface area contributed by atoms with Crippen LogP contribution in [0.1, 0.15) is 95.9 Å². The van der Waals surface area contributed by atoms with Gasteiger partial charge in [-0.2, -0.15) is 0 Å². The fourth-order valence-corrected chi connectivity index (χ4v) is 5.62. The van der Waals surface area contributed by atoms with E-state index in [0.29, 0.717) is 5.41 Å². The molecule has 0 aromatic heterocycles. The Bertz CT molecular complexity index is 374. The van der Waals surface area contributed by atoms with Crippen LogP contribution in [0, 0.1) is 46.8 Å². The molecule has 0 bridgehead atoms. The number of likely N-dealkylation sites (tertiary alicyclic amines) is 1. The molecule has 0 radical (unpaired) electrons. The zero-order chi connectivity index (χ0) is 20.4. The third-order valence-electron chi connectivity index (χ3n) is 7.97. The van der Waals surface area contributed by atoms with E-state index in [0.717, 1.165) is 53.5 Å². The minimum Gasteiger partial charge on any atom is -0.297 e. The van der Waals surface area contributed by atoms with Crippen LogP contribution >= 0.6 is 0 Å². The Labute approximate surface area is 166 Å². The van der Waals surface area contributed by atoms with Crippen molar-refractivity contribution in [3.63, 3.8) is 0 Å². The van der Waals surface area contributed by atoms with E-state index >= 15 is 0 Å². The summed E-state index contributed by atoms with van der Waals surface area (Å²) < 4.78 is 0. The first-order valence-electron chi connectivity index (χ1n) is 11.6. The molecule has 0 spiro atoms. The Hall–Kier alpha value is -0.0400. The maximum absolute atomic E-state index is 2.65. The van der Waals surface area contributed by atoms with Crippen LogP contribution in [-0.2, 0) is 0 Å². The van der Waals surface area contributed by atoms with Crippen LogP contribution in [-0.4, -0.2) is 23.5 Å². The van der Waals surface area contributed by atoms with Crippen molar-refractivity contribution < 1.29 is 0 Å². The van der Waals surface area contributed by atoms with Gasteiger partial charge in [0.15, 0.2) is 0 Å². The summed E-state index contributed by atoms with van der Waals surface area (Å²) in [6.07, 6.45) is 2.94. The van der Waals surface area contributed by atoms with E-state index in [4.69, 9.17) is 0 Å². The summed E-state index contributed by atoms with van der Waals surface area (Å²) in [5, 5.41) is 0. The van der Waals surface area contributed by atoms with E-state index in [2.05, 4.69) is 88.0 Å². The summed E-state index contributed by atoms with van der Waals surface area (Å²) in [6.45, 7) is 29.7. The average molecular weight is 366 g/mol. The Balaban J connectivity index is 0.000000260. The van der Waals surface area contributed by atoms with Crippen LogP contribution in [0.3, 0.4) is 0 Å². The number of hydrogen-bond acceptors (Lipinski definition) is 1. The molecule has 1 aliphatic carbocycles. The highest BCUT2D eigenvalue weighted by Crippen LogP contribution is 2.57. The molecule has 2 rings (SSSR count). The second kappa shape index (κ2) is 9.44. The van der Waals surface area contributed by atoms with Crippen molar-refractivity contribution in [2.24, 2.45) is 46.8 Å². The molecule has 0 aromatic rings. The first-order valence-corrected chi connectivity index (χ1v) is 11.6. The number of hydrogen-bond donors (Lipinski definition) is 0. The molecule has 156 valence electrons. The van der Waals surface area contributed by atoms with Crippen molar-refractivity contribution in [3.8, 4) is 0 Å². The lowest BCUT2D eigenvalue weighted by molar-refractivity contribution is -0.0588. The van der Waals surface area contributed by atoms with E-state index in [1.807, 2.05) is 0 Å². The van der Waals surface area contributed by atoms with Gasteiger partial charge in [-0.25, -0.2) is 0 Å². The summed E-state index contributed by atoms with van der Waals surface area (Å²) in [6, 6.07) is 1.56. The van der Waals surface area contributed by atoms with Gasteiger partial charge < -0.3 is 0 Å².